The number of carbonyl (C=O) groups is 1. The van der Waals surface area contributed by atoms with Crippen LogP contribution in [-0.2, 0) is 6.42 Å². The van der Waals surface area contributed by atoms with Crippen molar-refractivity contribution in [2.45, 2.75) is 19.3 Å². The first-order chi connectivity index (χ1) is 11.6. The summed E-state index contributed by atoms with van der Waals surface area (Å²) in [7, 11) is 0. The van der Waals surface area contributed by atoms with E-state index in [1.807, 2.05) is 12.1 Å². The number of hydrogen-bond donors (Lipinski definition) is 2. The van der Waals surface area contributed by atoms with Crippen molar-refractivity contribution in [2.75, 3.05) is 18.4 Å². The summed E-state index contributed by atoms with van der Waals surface area (Å²) in [6.07, 6.45) is 4.18. The molecule has 1 aromatic carbocycles. The summed E-state index contributed by atoms with van der Waals surface area (Å²) in [5.41, 5.74) is 1.33. The molecule has 3 rings (SSSR count). The normalized spacial score (nSPS) is 17.0. The number of rotatable bonds is 5. The van der Waals surface area contributed by atoms with Gasteiger partial charge in [0.15, 0.2) is 11.5 Å². The summed E-state index contributed by atoms with van der Waals surface area (Å²) < 4.78 is 26.4. The molecule has 6 heteroatoms. The third-order valence-electron chi connectivity index (χ3n) is 4.24. The van der Waals surface area contributed by atoms with Crippen LogP contribution in [0, 0.1) is 17.6 Å². The van der Waals surface area contributed by atoms with Gasteiger partial charge in [0, 0.05) is 11.8 Å². The maximum atomic E-state index is 13.5. The first kappa shape index (κ1) is 16.5. The summed E-state index contributed by atoms with van der Waals surface area (Å²) in [5.74, 6) is -1.76. The Morgan fingerprint density at radius 1 is 1.29 bits per heavy atom. The molecule has 0 radical (unpaired) electrons. The number of anilines is 1. The second-order valence-corrected chi connectivity index (χ2v) is 6.03. The molecule has 1 fully saturated rings. The Bertz CT molecular complexity index is 713. The zero-order valence-electron chi connectivity index (χ0n) is 13.2. The van der Waals surface area contributed by atoms with E-state index in [2.05, 4.69) is 15.6 Å². The lowest BCUT2D eigenvalue weighted by Gasteiger charge is -2.09. The first-order valence-electron chi connectivity index (χ1n) is 8.04. The molecule has 2 N–H and O–H groups in total. The summed E-state index contributed by atoms with van der Waals surface area (Å²) >= 11 is 0. The molecule has 1 aliphatic rings. The van der Waals surface area contributed by atoms with Crippen LogP contribution in [0.5, 0.6) is 0 Å². The molecule has 0 bridgehead atoms. The molecule has 126 valence electrons. The fourth-order valence-electron chi connectivity index (χ4n) is 2.86. The average molecular weight is 331 g/mol. The van der Waals surface area contributed by atoms with Crippen molar-refractivity contribution in [2.24, 2.45) is 5.92 Å². The minimum Gasteiger partial charge on any atom is -0.321 e. The van der Waals surface area contributed by atoms with Crippen LogP contribution in [-0.4, -0.2) is 24.0 Å². The molecule has 0 saturated carbocycles. The molecule has 1 saturated heterocycles. The molecule has 1 aromatic heterocycles. The largest absolute Gasteiger partial charge is 0.321 e. The van der Waals surface area contributed by atoms with Crippen molar-refractivity contribution in [3.8, 4) is 0 Å². The first-order valence-corrected chi connectivity index (χ1v) is 8.04. The molecular formula is C18H19F2N3O. The maximum Gasteiger partial charge on any atom is 0.277 e. The summed E-state index contributed by atoms with van der Waals surface area (Å²) in [6, 6.07) is 8.10. The van der Waals surface area contributed by atoms with Gasteiger partial charge in [0.1, 0.15) is 5.82 Å². The minimum absolute atomic E-state index is 0.422. The minimum atomic E-state index is -0.978. The van der Waals surface area contributed by atoms with Gasteiger partial charge in [-0.15, -0.1) is 0 Å². The van der Waals surface area contributed by atoms with E-state index >= 15 is 0 Å². The van der Waals surface area contributed by atoms with E-state index in [-0.39, 0.29) is 0 Å². The Morgan fingerprint density at radius 2 is 2.08 bits per heavy atom. The summed E-state index contributed by atoms with van der Waals surface area (Å²) in [4.78, 5) is 15.5. The van der Waals surface area contributed by atoms with Crippen molar-refractivity contribution in [1.82, 2.24) is 10.3 Å². The van der Waals surface area contributed by atoms with Crippen LogP contribution in [0.15, 0.2) is 36.5 Å². The van der Waals surface area contributed by atoms with Crippen LogP contribution in [0.3, 0.4) is 0 Å². The molecule has 0 unspecified atom stereocenters. The molecule has 2 heterocycles. The number of nitrogens with zero attached hydrogens (tertiary/aromatic N) is 1. The molecule has 0 spiro atoms. The predicted octanol–water partition coefficient (Wildman–Crippen LogP) is 3.15. The molecule has 24 heavy (non-hydrogen) atoms. The number of hydrogen-bond acceptors (Lipinski definition) is 3. The van der Waals surface area contributed by atoms with Gasteiger partial charge in [-0.05, 0) is 56.0 Å². The van der Waals surface area contributed by atoms with E-state index in [9.17, 15) is 13.6 Å². The molecular weight excluding hydrogens is 312 g/mol. The van der Waals surface area contributed by atoms with Gasteiger partial charge < -0.3 is 10.6 Å². The van der Waals surface area contributed by atoms with Crippen LogP contribution in [0.2, 0.25) is 0 Å². The molecule has 1 amide bonds. The molecule has 2 aromatic rings. The van der Waals surface area contributed by atoms with Crippen molar-refractivity contribution in [3.63, 3.8) is 0 Å². The second kappa shape index (κ2) is 7.49. The van der Waals surface area contributed by atoms with Crippen molar-refractivity contribution < 1.29 is 13.6 Å². The number of halogens is 2. The van der Waals surface area contributed by atoms with E-state index < -0.39 is 23.2 Å². The Hall–Kier alpha value is -2.34. The highest BCUT2D eigenvalue weighted by Gasteiger charge is 2.15. The topological polar surface area (TPSA) is 54.0 Å². The lowest BCUT2D eigenvalue weighted by molar-refractivity contribution is 0.101. The second-order valence-electron chi connectivity index (χ2n) is 6.03. The van der Waals surface area contributed by atoms with E-state index in [1.165, 1.54) is 12.0 Å². The van der Waals surface area contributed by atoms with Crippen molar-refractivity contribution in [1.29, 1.82) is 0 Å². The number of benzene rings is 1. The zero-order chi connectivity index (χ0) is 16.9. The fraction of sp³-hybridized carbons (Fsp3) is 0.333. The highest BCUT2D eigenvalue weighted by atomic mass is 19.1. The third-order valence-corrected chi connectivity index (χ3v) is 4.24. The van der Waals surface area contributed by atoms with Gasteiger partial charge in [-0.1, -0.05) is 12.1 Å². The molecule has 1 aliphatic heterocycles. The average Bonchev–Trinajstić information content (AvgIpc) is 3.07. The monoisotopic (exact) mass is 331 g/mol. The van der Waals surface area contributed by atoms with E-state index in [1.54, 1.807) is 12.1 Å². The van der Waals surface area contributed by atoms with E-state index in [4.69, 9.17) is 0 Å². The number of aryl methyl sites for hydroxylation is 1. The van der Waals surface area contributed by atoms with Crippen LogP contribution >= 0.6 is 0 Å². The van der Waals surface area contributed by atoms with Crippen LogP contribution in [0.4, 0.5) is 14.5 Å². The highest BCUT2D eigenvalue weighted by molar-refractivity contribution is 6.02. The Labute approximate surface area is 139 Å². The molecule has 1 atom stereocenters. The quantitative estimate of drug-likeness (QED) is 0.885. The zero-order valence-corrected chi connectivity index (χ0v) is 13.2. The number of aromatic nitrogens is 1. The lowest BCUT2D eigenvalue weighted by atomic mass is 9.99. The van der Waals surface area contributed by atoms with E-state index in [0.717, 1.165) is 38.0 Å². The van der Waals surface area contributed by atoms with Gasteiger partial charge in [0.2, 0.25) is 0 Å². The maximum absolute atomic E-state index is 13.5. The SMILES string of the molecule is O=C(Nc1ccc(CC[C@@H]2CCNC2)cc1)c1ncc(F)cc1F. The third kappa shape index (κ3) is 4.14. The van der Waals surface area contributed by atoms with Crippen LogP contribution in [0.1, 0.15) is 28.9 Å². The highest BCUT2D eigenvalue weighted by Crippen LogP contribution is 2.18. The summed E-state index contributed by atoms with van der Waals surface area (Å²) in [5, 5.41) is 5.92. The van der Waals surface area contributed by atoms with Gasteiger partial charge in [0.25, 0.3) is 5.91 Å². The Kier molecular flexibility index (Phi) is 5.15. The smallest absolute Gasteiger partial charge is 0.277 e. The van der Waals surface area contributed by atoms with Gasteiger partial charge in [-0.3, -0.25) is 4.79 Å². The summed E-state index contributed by atoms with van der Waals surface area (Å²) in [6.45, 7) is 2.19. The predicted molar refractivity (Wildman–Crippen MR) is 87.8 cm³/mol. The number of carbonyl (C=O) groups excluding carboxylic acids is 1. The van der Waals surface area contributed by atoms with Crippen LogP contribution in [0.25, 0.3) is 0 Å². The number of amides is 1. The van der Waals surface area contributed by atoms with Crippen LogP contribution < -0.4 is 10.6 Å². The lowest BCUT2D eigenvalue weighted by Crippen LogP contribution is -2.16. The van der Waals surface area contributed by atoms with Gasteiger partial charge >= 0.3 is 0 Å². The van der Waals surface area contributed by atoms with Crippen molar-refractivity contribution in [3.05, 3.63) is 59.4 Å². The Balaban J connectivity index is 1.58. The standard InChI is InChI=1S/C18H19F2N3O/c19-14-9-16(20)17(22-11-14)18(24)23-15-5-3-12(4-6-15)1-2-13-7-8-21-10-13/h3-6,9,11,13,21H,1-2,7-8,10H2,(H,23,24)/t13-/m1/s1. The van der Waals surface area contributed by atoms with Gasteiger partial charge in [0.05, 0.1) is 6.20 Å². The number of pyridine rings is 1. The molecule has 0 aliphatic carbocycles. The van der Waals surface area contributed by atoms with E-state index in [0.29, 0.717) is 11.8 Å². The molecule has 4 nitrogen and oxygen atoms in total. The van der Waals surface area contributed by atoms with Crippen molar-refractivity contribution >= 4 is 11.6 Å². The Morgan fingerprint density at radius 3 is 2.75 bits per heavy atom. The number of nitrogens with one attached hydrogen (secondary N) is 2. The fourth-order valence-corrected chi connectivity index (χ4v) is 2.86. The van der Waals surface area contributed by atoms with Gasteiger partial charge in [-0.2, -0.15) is 0 Å². The van der Waals surface area contributed by atoms with Gasteiger partial charge in [-0.25, -0.2) is 13.8 Å².